The summed E-state index contributed by atoms with van der Waals surface area (Å²) in [7, 11) is -3.68. The maximum Gasteiger partial charge on any atom is 0.261 e. The van der Waals surface area contributed by atoms with Crippen molar-refractivity contribution in [2.75, 3.05) is 17.1 Å². The van der Waals surface area contributed by atoms with Crippen LogP contribution in [0.4, 0.5) is 5.69 Å². The summed E-state index contributed by atoms with van der Waals surface area (Å²) in [5.74, 6) is 1.46. The quantitative estimate of drug-likeness (QED) is 0.743. The number of thioether (sulfide) groups is 1. The van der Waals surface area contributed by atoms with Gasteiger partial charge in [-0.25, -0.2) is 8.42 Å². The zero-order chi connectivity index (χ0) is 18.4. The SMILES string of the molecule is NC1=NC2(CCOc3ccc(NS(=O)(=O)c4ccc(Br)cc4)cc32)CS1. The molecule has 0 amide bonds. The lowest BCUT2D eigenvalue weighted by molar-refractivity contribution is 0.232. The maximum absolute atomic E-state index is 12.6. The first-order valence-corrected chi connectivity index (χ1v) is 11.2. The number of ether oxygens (including phenoxy) is 1. The molecule has 2 aliphatic heterocycles. The molecule has 0 saturated heterocycles. The van der Waals surface area contributed by atoms with Crippen molar-refractivity contribution in [1.29, 1.82) is 0 Å². The van der Waals surface area contributed by atoms with Crippen molar-refractivity contribution in [1.82, 2.24) is 0 Å². The molecule has 4 rings (SSSR count). The minimum Gasteiger partial charge on any atom is -0.493 e. The highest BCUT2D eigenvalue weighted by atomic mass is 79.9. The van der Waals surface area contributed by atoms with Crippen molar-refractivity contribution in [3.8, 4) is 5.75 Å². The van der Waals surface area contributed by atoms with Gasteiger partial charge in [-0.2, -0.15) is 0 Å². The van der Waals surface area contributed by atoms with Crippen molar-refractivity contribution < 1.29 is 13.2 Å². The summed E-state index contributed by atoms with van der Waals surface area (Å²) >= 11 is 4.82. The van der Waals surface area contributed by atoms with E-state index in [4.69, 9.17) is 10.5 Å². The van der Waals surface area contributed by atoms with Crippen LogP contribution in [0.15, 0.2) is 56.8 Å². The summed E-state index contributed by atoms with van der Waals surface area (Å²) in [5.41, 5.74) is 6.78. The van der Waals surface area contributed by atoms with Gasteiger partial charge in [0, 0.05) is 27.9 Å². The topological polar surface area (TPSA) is 93.8 Å². The predicted octanol–water partition coefficient (Wildman–Crippen LogP) is 3.29. The number of nitrogens with two attached hydrogens (primary N) is 1. The van der Waals surface area contributed by atoms with E-state index in [9.17, 15) is 8.42 Å². The Morgan fingerprint density at radius 3 is 2.69 bits per heavy atom. The van der Waals surface area contributed by atoms with E-state index in [0.717, 1.165) is 28.0 Å². The van der Waals surface area contributed by atoms with Gasteiger partial charge in [0.1, 0.15) is 11.3 Å². The number of aliphatic imine (C=N–C) groups is 1. The van der Waals surface area contributed by atoms with Crippen LogP contribution in [0.25, 0.3) is 0 Å². The molecule has 0 radical (unpaired) electrons. The standard InChI is InChI=1S/C17H16BrN3O3S2/c18-11-1-4-13(5-2-11)26(22,23)21-12-3-6-15-14(9-12)17(7-8-24-15)10-25-16(19)20-17/h1-6,9,21H,7-8,10H2,(H2,19,20). The summed E-state index contributed by atoms with van der Waals surface area (Å²) in [6.07, 6.45) is 0.719. The van der Waals surface area contributed by atoms with Crippen molar-refractivity contribution in [3.05, 3.63) is 52.5 Å². The van der Waals surface area contributed by atoms with Crippen molar-refractivity contribution >= 4 is 48.6 Å². The van der Waals surface area contributed by atoms with Crippen LogP contribution in [-0.4, -0.2) is 25.9 Å². The predicted molar refractivity (Wildman–Crippen MR) is 107 cm³/mol. The molecule has 3 N–H and O–H groups in total. The number of nitrogens with zero attached hydrogens (tertiary/aromatic N) is 1. The van der Waals surface area contributed by atoms with Crippen molar-refractivity contribution in [2.24, 2.45) is 10.7 Å². The molecule has 136 valence electrons. The number of rotatable bonds is 3. The summed E-state index contributed by atoms with van der Waals surface area (Å²) < 4.78 is 34.5. The molecular weight excluding hydrogens is 438 g/mol. The number of hydrogen-bond donors (Lipinski definition) is 2. The fraction of sp³-hybridized carbons (Fsp3) is 0.235. The Kier molecular flexibility index (Phi) is 4.40. The van der Waals surface area contributed by atoms with Gasteiger partial charge in [-0.3, -0.25) is 9.71 Å². The van der Waals surface area contributed by atoms with E-state index in [1.807, 2.05) is 0 Å². The van der Waals surface area contributed by atoms with Gasteiger partial charge in [0.2, 0.25) is 0 Å². The lowest BCUT2D eigenvalue weighted by Gasteiger charge is -2.32. The summed E-state index contributed by atoms with van der Waals surface area (Å²) in [6, 6.07) is 11.8. The highest BCUT2D eigenvalue weighted by molar-refractivity contribution is 9.10. The fourth-order valence-electron chi connectivity index (χ4n) is 3.11. The van der Waals surface area contributed by atoms with Gasteiger partial charge < -0.3 is 10.5 Å². The number of halogens is 1. The zero-order valence-corrected chi connectivity index (χ0v) is 16.8. The molecule has 1 spiro atoms. The van der Waals surface area contributed by atoms with E-state index >= 15 is 0 Å². The van der Waals surface area contributed by atoms with Gasteiger partial charge in [-0.1, -0.05) is 27.7 Å². The lowest BCUT2D eigenvalue weighted by atomic mass is 9.86. The van der Waals surface area contributed by atoms with Crippen LogP contribution in [0.3, 0.4) is 0 Å². The van der Waals surface area contributed by atoms with Crippen LogP contribution < -0.4 is 15.2 Å². The highest BCUT2D eigenvalue weighted by Gasteiger charge is 2.41. The second kappa shape index (κ2) is 6.47. The molecule has 9 heteroatoms. The van der Waals surface area contributed by atoms with E-state index in [1.54, 1.807) is 42.5 Å². The third-order valence-electron chi connectivity index (χ3n) is 4.41. The van der Waals surface area contributed by atoms with Gasteiger partial charge in [0.05, 0.1) is 11.5 Å². The van der Waals surface area contributed by atoms with Gasteiger partial charge >= 0.3 is 0 Å². The van der Waals surface area contributed by atoms with Crippen LogP contribution in [0.1, 0.15) is 12.0 Å². The Morgan fingerprint density at radius 2 is 2.00 bits per heavy atom. The minimum absolute atomic E-state index is 0.197. The van der Waals surface area contributed by atoms with E-state index in [1.165, 1.54) is 11.8 Å². The molecule has 26 heavy (non-hydrogen) atoms. The van der Waals surface area contributed by atoms with E-state index in [-0.39, 0.29) is 4.90 Å². The first-order valence-electron chi connectivity index (χ1n) is 7.92. The molecular formula is C17H16BrN3O3S2. The molecule has 0 aliphatic carbocycles. The minimum atomic E-state index is -3.68. The molecule has 2 heterocycles. The molecule has 2 aromatic rings. The van der Waals surface area contributed by atoms with Crippen LogP contribution in [0.2, 0.25) is 0 Å². The molecule has 0 bridgehead atoms. The average molecular weight is 454 g/mol. The third-order valence-corrected chi connectivity index (χ3v) is 7.35. The second-order valence-electron chi connectivity index (χ2n) is 6.14. The van der Waals surface area contributed by atoms with Gasteiger partial charge in [0.15, 0.2) is 5.17 Å². The first-order chi connectivity index (χ1) is 12.4. The molecule has 2 aliphatic rings. The Bertz CT molecular complexity index is 993. The molecule has 0 aromatic heterocycles. The largest absolute Gasteiger partial charge is 0.493 e. The smallest absolute Gasteiger partial charge is 0.261 e. The Labute approximate surface area is 164 Å². The molecule has 0 saturated carbocycles. The van der Waals surface area contributed by atoms with Crippen LogP contribution in [0, 0.1) is 0 Å². The third kappa shape index (κ3) is 3.19. The Balaban J connectivity index is 1.69. The zero-order valence-electron chi connectivity index (χ0n) is 13.6. The molecule has 2 aromatic carbocycles. The summed E-state index contributed by atoms with van der Waals surface area (Å²) in [4.78, 5) is 4.82. The summed E-state index contributed by atoms with van der Waals surface area (Å²) in [6.45, 7) is 0.564. The number of amidine groups is 1. The second-order valence-corrected chi connectivity index (χ2v) is 9.73. The number of hydrogen-bond acceptors (Lipinski definition) is 6. The Morgan fingerprint density at radius 1 is 1.23 bits per heavy atom. The molecule has 0 fully saturated rings. The average Bonchev–Trinajstić information content (AvgIpc) is 2.97. The van der Waals surface area contributed by atoms with Crippen LogP contribution in [0.5, 0.6) is 5.75 Å². The van der Waals surface area contributed by atoms with E-state index in [2.05, 4.69) is 25.6 Å². The van der Waals surface area contributed by atoms with Crippen LogP contribution in [-0.2, 0) is 15.6 Å². The van der Waals surface area contributed by atoms with E-state index < -0.39 is 15.6 Å². The molecule has 6 nitrogen and oxygen atoms in total. The summed E-state index contributed by atoms with van der Waals surface area (Å²) in [5, 5.41) is 0.554. The number of nitrogens with one attached hydrogen (secondary N) is 1. The van der Waals surface area contributed by atoms with Crippen LogP contribution >= 0.6 is 27.7 Å². The molecule has 1 unspecified atom stereocenters. The Hall–Kier alpha value is -1.71. The normalized spacial score (nSPS) is 21.8. The highest BCUT2D eigenvalue weighted by Crippen LogP contribution is 2.46. The number of benzene rings is 2. The lowest BCUT2D eigenvalue weighted by Crippen LogP contribution is -2.32. The van der Waals surface area contributed by atoms with Gasteiger partial charge in [-0.05, 0) is 42.5 Å². The molecule has 1 atom stereocenters. The maximum atomic E-state index is 12.6. The van der Waals surface area contributed by atoms with Gasteiger partial charge in [-0.15, -0.1) is 0 Å². The number of sulfonamides is 1. The monoisotopic (exact) mass is 453 g/mol. The van der Waals surface area contributed by atoms with Gasteiger partial charge in [0.25, 0.3) is 10.0 Å². The van der Waals surface area contributed by atoms with E-state index in [0.29, 0.717) is 17.5 Å². The number of fused-ring (bicyclic) bond motifs is 2. The van der Waals surface area contributed by atoms with Crippen molar-refractivity contribution in [2.45, 2.75) is 16.9 Å². The fourth-order valence-corrected chi connectivity index (χ4v) is 5.41. The first kappa shape index (κ1) is 17.7. The van der Waals surface area contributed by atoms with Crippen molar-refractivity contribution in [3.63, 3.8) is 0 Å². The number of anilines is 1.